The minimum Gasteiger partial charge on any atom is -0.387 e. The fourth-order valence-electron chi connectivity index (χ4n) is 1.00. The third-order valence-corrected chi connectivity index (χ3v) is 1.58. The molecule has 0 amide bonds. The Morgan fingerprint density at radius 2 is 2.33 bits per heavy atom. The molecule has 0 radical (unpaired) electrons. The fraction of sp³-hybridized carbons (Fsp3) is 0.167. The Hall–Kier alpha value is -1.69. The summed E-state index contributed by atoms with van der Waals surface area (Å²) in [7, 11) is 0. The van der Waals surface area contributed by atoms with E-state index < -0.39 is 0 Å². The van der Waals surface area contributed by atoms with Gasteiger partial charge in [-0.15, -0.1) is 10.2 Å². The highest BCUT2D eigenvalue weighted by Crippen LogP contribution is 2.12. The third-order valence-electron chi connectivity index (χ3n) is 1.58. The molecule has 12 heavy (non-hydrogen) atoms. The van der Waals surface area contributed by atoms with Crippen LogP contribution < -0.4 is 10.7 Å². The number of rotatable bonds is 1. The van der Waals surface area contributed by atoms with Crippen LogP contribution in [0.3, 0.4) is 0 Å². The van der Waals surface area contributed by atoms with Gasteiger partial charge in [-0.05, 0) is 6.92 Å². The number of hydrogen-bond acceptors (Lipinski definition) is 5. The number of hydrogen-bond donors (Lipinski definition) is 1. The van der Waals surface area contributed by atoms with Crippen LogP contribution in [0.4, 0.5) is 0 Å². The van der Waals surface area contributed by atoms with Crippen molar-refractivity contribution in [3.8, 4) is 5.88 Å². The summed E-state index contributed by atoms with van der Waals surface area (Å²) in [6.07, 6.45) is 3.32. The largest absolute Gasteiger partial charge is 0.387 e. The smallest absolute Gasteiger partial charge is 0.283 e. The first-order valence-corrected chi connectivity index (χ1v) is 3.36. The zero-order valence-corrected chi connectivity index (χ0v) is 6.43. The number of nitrogens with zero attached hydrogens (tertiary/aromatic N) is 4. The summed E-state index contributed by atoms with van der Waals surface area (Å²) >= 11 is 0. The summed E-state index contributed by atoms with van der Waals surface area (Å²) in [5, 5.41) is 7.68. The van der Waals surface area contributed by atoms with Crippen molar-refractivity contribution in [1.29, 1.82) is 0 Å². The molecule has 2 aromatic rings. The van der Waals surface area contributed by atoms with Crippen LogP contribution in [0, 0.1) is 6.92 Å². The Bertz CT molecular complexity index is 409. The second-order valence-corrected chi connectivity index (χ2v) is 2.29. The molecule has 0 bridgehead atoms. The number of aryl methyl sites for hydroxylation is 1. The lowest BCUT2D eigenvalue weighted by Gasteiger charge is -1.97. The van der Waals surface area contributed by atoms with E-state index in [1.807, 2.05) is 6.92 Å². The zero-order chi connectivity index (χ0) is 8.55. The molecule has 0 unspecified atom stereocenters. The molecule has 62 valence electrons. The van der Waals surface area contributed by atoms with E-state index in [0.717, 1.165) is 5.82 Å². The molecule has 6 heteroatoms. The van der Waals surface area contributed by atoms with E-state index in [0.29, 0.717) is 5.65 Å². The molecule has 6 nitrogen and oxygen atoms in total. The summed E-state index contributed by atoms with van der Waals surface area (Å²) in [6.45, 7) is 1.83. The Labute approximate surface area is 67.9 Å². The Morgan fingerprint density at radius 1 is 1.50 bits per heavy atom. The maximum absolute atomic E-state index is 4.98. The molecule has 2 heterocycles. The van der Waals surface area contributed by atoms with E-state index >= 15 is 0 Å². The Balaban J connectivity index is 2.81. The van der Waals surface area contributed by atoms with E-state index in [1.165, 1.54) is 0 Å². The van der Waals surface area contributed by atoms with Crippen molar-refractivity contribution in [3.63, 3.8) is 0 Å². The van der Waals surface area contributed by atoms with Gasteiger partial charge in [0.05, 0.1) is 0 Å². The van der Waals surface area contributed by atoms with Crippen molar-refractivity contribution in [2.24, 2.45) is 5.90 Å². The van der Waals surface area contributed by atoms with E-state index in [4.69, 9.17) is 5.90 Å². The van der Waals surface area contributed by atoms with Crippen LogP contribution in [0.5, 0.6) is 5.88 Å². The standard InChI is InChI=1S/C6H7N5O/c1-4-9-10-5-6(12-7)8-2-3-11(4)5/h2-3H,7H2,1H3. The normalized spacial score (nSPS) is 10.5. The summed E-state index contributed by atoms with van der Waals surface area (Å²) < 4.78 is 1.75. The van der Waals surface area contributed by atoms with Gasteiger partial charge in [0.25, 0.3) is 5.88 Å². The maximum atomic E-state index is 4.98. The monoisotopic (exact) mass is 165 g/mol. The Morgan fingerprint density at radius 3 is 3.08 bits per heavy atom. The van der Waals surface area contributed by atoms with Gasteiger partial charge in [-0.25, -0.2) is 4.98 Å². The van der Waals surface area contributed by atoms with Crippen molar-refractivity contribution in [3.05, 3.63) is 18.2 Å². The van der Waals surface area contributed by atoms with Crippen LogP contribution >= 0.6 is 0 Å². The first-order valence-electron chi connectivity index (χ1n) is 3.36. The molecule has 2 rings (SSSR count). The highest BCUT2D eigenvalue weighted by molar-refractivity contribution is 5.47. The van der Waals surface area contributed by atoms with Gasteiger partial charge in [0, 0.05) is 12.4 Å². The van der Waals surface area contributed by atoms with Gasteiger partial charge in [0.2, 0.25) is 5.65 Å². The van der Waals surface area contributed by atoms with Crippen LogP contribution in [0.25, 0.3) is 5.65 Å². The summed E-state index contributed by atoms with van der Waals surface area (Å²) in [6, 6.07) is 0. The van der Waals surface area contributed by atoms with E-state index in [2.05, 4.69) is 20.0 Å². The third kappa shape index (κ3) is 0.817. The maximum Gasteiger partial charge on any atom is 0.283 e. The second kappa shape index (κ2) is 2.42. The lowest BCUT2D eigenvalue weighted by Crippen LogP contribution is -2.05. The van der Waals surface area contributed by atoms with Gasteiger partial charge in [0.15, 0.2) is 0 Å². The Kier molecular flexibility index (Phi) is 1.41. The van der Waals surface area contributed by atoms with Crippen molar-refractivity contribution in [2.45, 2.75) is 6.92 Å². The zero-order valence-electron chi connectivity index (χ0n) is 6.43. The molecule has 0 aliphatic heterocycles. The molecular formula is C6H7N5O. The average Bonchev–Trinajstić information content (AvgIpc) is 2.48. The SMILES string of the molecule is Cc1nnc2c(ON)nccn12. The van der Waals surface area contributed by atoms with Gasteiger partial charge in [0.1, 0.15) is 5.82 Å². The molecule has 0 aromatic carbocycles. The quantitative estimate of drug-likeness (QED) is 0.586. The number of aromatic nitrogens is 4. The predicted octanol–water partition coefficient (Wildman–Crippen LogP) is -0.315. The van der Waals surface area contributed by atoms with E-state index in [1.54, 1.807) is 16.8 Å². The first-order chi connectivity index (χ1) is 5.83. The lowest BCUT2D eigenvalue weighted by atomic mass is 10.6. The summed E-state index contributed by atoms with van der Waals surface area (Å²) in [4.78, 5) is 8.37. The van der Waals surface area contributed by atoms with Crippen LogP contribution in [0.1, 0.15) is 5.82 Å². The molecular weight excluding hydrogens is 158 g/mol. The van der Waals surface area contributed by atoms with Crippen LogP contribution in [-0.4, -0.2) is 19.6 Å². The average molecular weight is 165 g/mol. The van der Waals surface area contributed by atoms with Crippen LogP contribution in [0.2, 0.25) is 0 Å². The highest BCUT2D eigenvalue weighted by Gasteiger charge is 2.06. The van der Waals surface area contributed by atoms with Gasteiger partial charge in [-0.1, -0.05) is 0 Å². The van der Waals surface area contributed by atoms with Crippen LogP contribution in [0.15, 0.2) is 12.4 Å². The van der Waals surface area contributed by atoms with Gasteiger partial charge in [-0.2, -0.15) is 5.90 Å². The highest BCUT2D eigenvalue weighted by atomic mass is 16.6. The number of nitrogens with two attached hydrogens (primary N) is 1. The second-order valence-electron chi connectivity index (χ2n) is 2.29. The minimum atomic E-state index is 0.276. The predicted molar refractivity (Wildman–Crippen MR) is 40.3 cm³/mol. The summed E-state index contributed by atoms with van der Waals surface area (Å²) in [5.74, 6) is 6.03. The van der Waals surface area contributed by atoms with Gasteiger partial charge >= 0.3 is 0 Å². The molecule has 2 aromatic heterocycles. The molecule has 0 fully saturated rings. The van der Waals surface area contributed by atoms with Gasteiger partial charge < -0.3 is 4.84 Å². The van der Waals surface area contributed by atoms with Crippen molar-refractivity contribution >= 4 is 5.65 Å². The van der Waals surface area contributed by atoms with Crippen LogP contribution in [-0.2, 0) is 0 Å². The molecule has 0 saturated carbocycles. The number of fused-ring (bicyclic) bond motifs is 1. The topological polar surface area (TPSA) is 78.3 Å². The lowest BCUT2D eigenvalue weighted by molar-refractivity contribution is 0.323. The van der Waals surface area contributed by atoms with E-state index in [-0.39, 0.29) is 5.88 Å². The fourth-order valence-corrected chi connectivity index (χ4v) is 1.00. The first kappa shape index (κ1) is 6.99. The molecule has 0 aliphatic carbocycles. The van der Waals surface area contributed by atoms with Crippen molar-refractivity contribution < 1.29 is 4.84 Å². The van der Waals surface area contributed by atoms with Crippen molar-refractivity contribution in [1.82, 2.24) is 19.6 Å². The summed E-state index contributed by atoms with van der Waals surface area (Å²) in [5.41, 5.74) is 0.525. The molecule has 0 saturated heterocycles. The van der Waals surface area contributed by atoms with Crippen molar-refractivity contribution in [2.75, 3.05) is 0 Å². The van der Waals surface area contributed by atoms with E-state index in [9.17, 15) is 0 Å². The molecule has 0 spiro atoms. The molecule has 0 atom stereocenters. The minimum absolute atomic E-state index is 0.276. The van der Waals surface area contributed by atoms with Gasteiger partial charge in [-0.3, -0.25) is 4.40 Å². The molecule has 0 aliphatic rings. The molecule has 2 N–H and O–H groups in total.